The number of carbonyl (C=O) groups is 4. The van der Waals surface area contributed by atoms with E-state index in [1.165, 1.54) is 0 Å². The SMILES string of the molecule is O=C(O)CCC12c3ccc(NC(=O)OCC4c5ccccc5-c5ccccc54)cc3C(c3ccc(NC(=O)OCC4c5ccccc5-c5ccccc54)cc31)c1ccc(NC(=O)OCC3c4ccccc4-c4ccccc43)cc12. The van der Waals surface area contributed by atoms with Gasteiger partial charge in [-0.15, -0.1) is 0 Å². The largest absolute Gasteiger partial charge is 0.481 e. The van der Waals surface area contributed by atoms with Gasteiger partial charge in [0.05, 0.1) is 0 Å². The molecule has 386 valence electrons. The molecule has 6 aliphatic rings. The predicted octanol–water partition coefficient (Wildman–Crippen LogP) is 14.8. The zero-order chi connectivity index (χ0) is 53.4. The van der Waals surface area contributed by atoms with Gasteiger partial charge >= 0.3 is 24.2 Å². The van der Waals surface area contributed by atoms with Crippen molar-refractivity contribution in [2.45, 2.75) is 41.9 Å². The van der Waals surface area contributed by atoms with E-state index in [9.17, 15) is 24.3 Å². The number of hydrogen-bond donors (Lipinski definition) is 4. The Labute approximate surface area is 455 Å². The fourth-order valence-electron chi connectivity index (χ4n) is 13.7. The third-order valence-electron chi connectivity index (χ3n) is 17.0. The quantitative estimate of drug-likeness (QED) is 0.0883. The lowest BCUT2D eigenvalue weighted by atomic mass is 9.51. The van der Waals surface area contributed by atoms with Crippen LogP contribution in [-0.2, 0) is 24.4 Å². The van der Waals surface area contributed by atoms with Crippen LogP contribution in [0.2, 0.25) is 0 Å². The summed E-state index contributed by atoms with van der Waals surface area (Å²) in [5.74, 6) is -1.76. The molecule has 0 atom stereocenters. The molecule has 0 radical (unpaired) electrons. The molecule has 2 bridgehead atoms. The molecule has 6 aliphatic carbocycles. The second kappa shape index (κ2) is 19.1. The number of aliphatic carboxylic acids is 1. The van der Waals surface area contributed by atoms with Crippen LogP contribution in [-0.4, -0.2) is 49.2 Å². The summed E-state index contributed by atoms with van der Waals surface area (Å²) >= 11 is 0. The first kappa shape index (κ1) is 47.7. The first-order chi connectivity index (χ1) is 38.7. The number of fused-ring (bicyclic) bond motifs is 9. The smallest absolute Gasteiger partial charge is 0.411 e. The topological polar surface area (TPSA) is 152 Å². The number of anilines is 3. The molecular weight excluding hydrogens is 987 g/mol. The van der Waals surface area contributed by atoms with Crippen molar-refractivity contribution in [2.75, 3.05) is 35.8 Å². The van der Waals surface area contributed by atoms with Crippen LogP contribution < -0.4 is 16.0 Å². The predicted molar refractivity (Wildman–Crippen MR) is 303 cm³/mol. The van der Waals surface area contributed by atoms with E-state index in [1.54, 1.807) is 0 Å². The Hall–Kier alpha value is -9.74. The van der Waals surface area contributed by atoms with Gasteiger partial charge in [-0.1, -0.05) is 164 Å². The fourth-order valence-corrected chi connectivity index (χ4v) is 13.7. The van der Waals surface area contributed by atoms with E-state index >= 15 is 0 Å². The molecule has 0 spiro atoms. The minimum Gasteiger partial charge on any atom is -0.481 e. The number of carboxylic acids is 1. The van der Waals surface area contributed by atoms with Crippen LogP contribution in [0.25, 0.3) is 33.4 Å². The molecule has 0 fully saturated rings. The number of amides is 3. The highest BCUT2D eigenvalue weighted by Gasteiger charge is 2.52. The summed E-state index contributed by atoms with van der Waals surface area (Å²) in [6.07, 6.45) is -1.93. The summed E-state index contributed by atoms with van der Waals surface area (Å²) in [5.41, 5.74) is 18.9. The van der Waals surface area contributed by atoms with Gasteiger partial charge in [-0.05, 0) is 143 Å². The summed E-state index contributed by atoms with van der Waals surface area (Å²) in [6, 6.07) is 66.3. The van der Waals surface area contributed by atoms with Gasteiger partial charge in [0.2, 0.25) is 0 Å². The first-order valence-corrected chi connectivity index (χ1v) is 26.7. The van der Waals surface area contributed by atoms with Crippen LogP contribution in [0.5, 0.6) is 0 Å². The molecule has 3 amide bonds. The fraction of sp³-hybridized carbons (Fsp3) is 0.147. The van der Waals surface area contributed by atoms with Gasteiger partial charge in [-0.3, -0.25) is 20.7 Å². The van der Waals surface area contributed by atoms with Gasteiger partial charge in [0, 0.05) is 52.6 Å². The van der Waals surface area contributed by atoms with Crippen molar-refractivity contribution in [3.8, 4) is 33.4 Å². The lowest BCUT2D eigenvalue weighted by molar-refractivity contribution is -0.137. The van der Waals surface area contributed by atoms with Crippen molar-refractivity contribution >= 4 is 41.3 Å². The molecule has 0 aliphatic heterocycles. The van der Waals surface area contributed by atoms with Crippen LogP contribution in [0.4, 0.5) is 31.4 Å². The molecule has 0 saturated carbocycles. The van der Waals surface area contributed by atoms with Crippen molar-refractivity contribution in [2.24, 2.45) is 0 Å². The molecule has 0 saturated heterocycles. The second-order valence-electron chi connectivity index (χ2n) is 21.0. The summed E-state index contributed by atoms with van der Waals surface area (Å²) in [7, 11) is 0. The zero-order valence-electron chi connectivity index (χ0n) is 42.7. The van der Waals surface area contributed by atoms with Crippen LogP contribution in [0, 0.1) is 0 Å². The molecule has 11 nitrogen and oxygen atoms in total. The number of nitrogens with one attached hydrogen (secondary N) is 3. The molecule has 0 unspecified atom stereocenters. The maximum atomic E-state index is 13.9. The van der Waals surface area contributed by atoms with Crippen LogP contribution in [0.3, 0.4) is 0 Å². The van der Waals surface area contributed by atoms with Gasteiger partial charge < -0.3 is 19.3 Å². The Kier molecular flexibility index (Phi) is 11.5. The van der Waals surface area contributed by atoms with Gasteiger partial charge in [0.25, 0.3) is 0 Å². The van der Waals surface area contributed by atoms with E-state index in [4.69, 9.17) is 14.2 Å². The molecule has 0 heterocycles. The Morgan fingerprint density at radius 1 is 0.367 bits per heavy atom. The lowest BCUT2D eigenvalue weighted by Crippen LogP contribution is -2.43. The number of carboxylic acid groups (broad SMARTS) is 1. The van der Waals surface area contributed by atoms with Gasteiger partial charge in [0.15, 0.2) is 0 Å². The van der Waals surface area contributed by atoms with Crippen molar-refractivity contribution in [1.29, 1.82) is 0 Å². The highest BCUT2D eigenvalue weighted by molar-refractivity contribution is 5.90. The van der Waals surface area contributed by atoms with Gasteiger partial charge in [-0.2, -0.15) is 0 Å². The summed E-state index contributed by atoms with van der Waals surface area (Å²) in [6.45, 7) is 0.398. The van der Waals surface area contributed by atoms with E-state index in [0.717, 1.165) is 100 Å². The van der Waals surface area contributed by atoms with Crippen molar-refractivity contribution < 1.29 is 38.5 Å². The van der Waals surface area contributed by atoms with Crippen molar-refractivity contribution in [3.05, 3.63) is 267 Å². The van der Waals surface area contributed by atoms with E-state index in [0.29, 0.717) is 17.1 Å². The third-order valence-corrected chi connectivity index (χ3v) is 17.0. The summed E-state index contributed by atoms with van der Waals surface area (Å²) < 4.78 is 18.0. The number of hydrogen-bond acceptors (Lipinski definition) is 7. The first-order valence-electron chi connectivity index (χ1n) is 26.7. The normalized spacial score (nSPS) is 16.4. The van der Waals surface area contributed by atoms with Gasteiger partial charge in [0.1, 0.15) is 19.8 Å². The molecule has 79 heavy (non-hydrogen) atoms. The standard InChI is InChI=1S/C68H51N3O8/c72-63(73)31-32-68-60-30-27-39(69-65(74)77-36-57-48-19-7-1-13-42(48)43-14-2-8-20-49(43)57)33-56(60)64(54-28-25-40(34-61(54)68)70-66(75)78-37-58-50-21-9-3-15-44(50)45-16-4-10-22-51(45)58)55-29-26-41(35-62(55)68)71-67(76)79-38-59-52-23-11-5-17-46(52)47-18-6-12-24-53(47)59/h1-30,33-35,57-59,64H,31-32,36-38H2,(H,69,74)(H,70,75)(H,71,76)(H,72,73). The molecule has 0 aromatic heterocycles. The maximum Gasteiger partial charge on any atom is 0.411 e. The average molecular weight is 1040 g/mol. The number of benzene rings is 9. The zero-order valence-corrected chi connectivity index (χ0v) is 42.7. The highest BCUT2D eigenvalue weighted by atomic mass is 16.6. The monoisotopic (exact) mass is 1040 g/mol. The summed E-state index contributed by atoms with van der Waals surface area (Å²) in [4.78, 5) is 54.3. The Morgan fingerprint density at radius 3 is 1.03 bits per heavy atom. The Bertz CT molecular complexity index is 3720. The number of rotatable bonds is 12. The minimum absolute atomic E-state index is 0.119. The molecule has 15 rings (SSSR count). The van der Waals surface area contributed by atoms with E-state index in [2.05, 4.69) is 88.7 Å². The van der Waals surface area contributed by atoms with E-state index in [-0.39, 0.29) is 56.3 Å². The number of ether oxygens (including phenoxy) is 3. The second-order valence-corrected chi connectivity index (χ2v) is 21.0. The van der Waals surface area contributed by atoms with Crippen LogP contribution in [0.15, 0.2) is 200 Å². The minimum atomic E-state index is -1.10. The van der Waals surface area contributed by atoms with Crippen LogP contribution in [0.1, 0.15) is 103 Å². The maximum absolute atomic E-state index is 13.9. The number of carbonyl (C=O) groups excluding carboxylic acids is 3. The molecule has 9 aromatic carbocycles. The third kappa shape index (κ3) is 7.94. The van der Waals surface area contributed by atoms with E-state index in [1.807, 2.05) is 127 Å². The lowest BCUT2D eigenvalue weighted by Gasteiger charge is -2.51. The van der Waals surface area contributed by atoms with Crippen molar-refractivity contribution in [3.63, 3.8) is 0 Å². The van der Waals surface area contributed by atoms with Crippen LogP contribution >= 0.6 is 0 Å². The molecular formula is C68H51N3O8. The van der Waals surface area contributed by atoms with Crippen molar-refractivity contribution in [1.82, 2.24) is 0 Å². The highest BCUT2D eigenvalue weighted by Crippen LogP contribution is 2.62. The average Bonchev–Trinajstić information content (AvgIpc) is 3.47. The Balaban J connectivity index is 0.774. The van der Waals surface area contributed by atoms with Gasteiger partial charge in [-0.25, -0.2) is 14.4 Å². The molecule has 4 N–H and O–H groups in total. The van der Waals surface area contributed by atoms with E-state index < -0.39 is 29.7 Å². The Morgan fingerprint density at radius 2 is 0.684 bits per heavy atom. The molecule has 9 aromatic rings. The summed E-state index contributed by atoms with van der Waals surface area (Å²) in [5, 5.41) is 19.5. The molecule has 11 heteroatoms.